The molecule has 1 aliphatic heterocycles. The standard InChI is InChI=1S/C25H34ClN3O3S.C4H4O4/c1-29(2)15-17-33(30,31)28-14-16-32-22-9-4-19-10-13-27-24(23(19)18-22)25(11-3-12-25)20-5-7-21(26)8-6-20;5-3(6)1-2-4(7)8/h4-9,18,24,27-28H,3,10-17H2,1-2H3;1-2H,(H,5,6)(H,7,8)/b;2-1+. The molecule has 0 amide bonds. The summed E-state index contributed by atoms with van der Waals surface area (Å²) in [7, 11) is 0.423. The van der Waals surface area contributed by atoms with Crippen LogP contribution >= 0.6 is 11.6 Å². The molecule has 2 aromatic carbocycles. The van der Waals surface area contributed by atoms with E-state index in [4.69, 9.17) is 26.6 Å². The molecule has 4 rings (SSSR count). The summed E-state index contributed by atoms with van der Waals surface area (Å²) in [6, 6.07) is 14.8. The summed E-state index contributed by atoms with van der Waals surface area (Å²) in [5.74, 6) is -1.65. The van der Waals surface area contributed by atoms with Crippen molar-refractivity contribution in [3.63, 3.8) is 0 Å². The molecule has 10 nitrogen and oxygen atoms in total. The summed E-state index contributed by atoms with van der Waals surface area (Å²) in [5.41, 5.74) is 4.05. The van der Waals surface area contributed by atoms with E-state index < -0.39 is 22.0 Å². The van der Waals surface area contributed by atoms with Gasteiger partial charge in [0.05, 0.1) is 5.75 Å². The number of carbonyl (C=O) groups is 2. The van der Waals surface area contributed by atoms with E-state index in [-0.39, 0.29) is 23.8 Å². The highest BCUT2D eigenvalue weighted by molar-refractivity contribution is 7.89. The molecule has 2 aromatic rings. The van der Waals surface area contributed by atoms with E-state index in [1.807, 2.05) is 37.2 Å². The van der Waals surface area contributed by atoms with Crippen molar-refractivity contribution in [3.05, 3.63) is 76.3 Å². The number of carboxylic acids is 2. The first-order chi connectivity index (χ1) is 19.4. The van der Waals surface area contributed by atoms with E-state index in [2.05, 4.69) is 34.3 Å². The molecule has 0 spiro atoms. The number of fused-ring (bicyclic) bond motifs is 1. The SMILES string of the molecule is CN(C)CCS(=O)(=O)NCCOc1ccc2c(c1)C(C1(c3ccc(Cl)cc3)CCC1)NCC2.O=C(O)/C=C/C(=O)O. The highest BCUT2D eigenvalue weighted by Gasteiger charge is 2.47. The minimum Gasteiger partial charge on any atom is -0.492 e. The van der Waals surface area contributed by atoms with Crippen molar-refractivity contribution in [1.29, 1.82) is 0 Å². The Hall–Kier alpha value is -2.96. The molecule has 12 heteroatoms. The fourth-order valence-corrected chi connectivity index (χ4v) is 6.35. The number of nitrogens with zero attached hydrogens (tertiary/aromatic N) is 1. The number of hydrogen-bond donors (Lipinski definition) is 4. The van der Waals surface area contributed by atoms with E-state index in [0.29, 0.717) is 25.3 Å². The number of halogens is 1. The molecule has 1 unspecified atom stereocenters. The number of aliphatic carboxylic acids is 2. The Bertz CT molecular complexity index is 1310. The van der Waals surface area contributed by atoms with E-state index in [1.165, 1.54) is 23.1 Å². The number of benzene rings is 2. The molecule has 0 aromatic heterocycles. The maximum absolute atomic E-state index is 12.1. The predicted molar refractivity (Wildman–Crippen MR) is 158 cm³/mol. The number of hydrogen-bond acceptors (Lipinski definition) is 7. The molecule has 1 aliphatic carbocycles. The Balaban J connectivity index is 0.000000507. The Morgan fingerprint density at radius 1 is 1.12 bits per heavy atom. The number of carboxylic acid groups (broad SMARTS) is 2. The molecule has 2 aliphatic rings. The first-order valence-electron chi connectivity index (χ1n) is 13.4. The van der Waals surface area contributed by atoms with Gasteiger partial charge in [0, 0.05) is 41.7 Å². The molecule has 1 atom stereocenters. The summed E-state index contributed by atoms with van der Waals surface area (Å²) < 4.78 is 32.7. The summed E-state index contributed by atoms with van der Waals surface area (Å²) in [6.07, 6.45) is 5.62. The second-order valence-corrected chi connectivity index (χ2v) is 12.8. The topological polar surface area (TPSA) is 145 Å². The first-order valence-corrected chi connectivity index (χ1v) is 15.5. The lowest BCUT2D eigenvalue weighted by molar-refractivity contribution is -0.134. The average molecular weight is 608 g/mol. The van der Waals surface area contributed by atoms with Crippen LogP contribution in [-0.2, 0) is 31.4 Å². The number of sulfonamides is 1. The van der Waals surface area contributed by atoms with Crippen molar-refractivity contribution in [1.82, 2.24) is 14.9 Å². The van der Waals surface area contributed by atoms with Gasteiger partial charge in [-0.05, 0) is 80.9 Å². The highest BCUT2D eigenvalue weighted by atomic mass is 35.5. The van der Waals surface area contributed by atoms with Gasteiger partial charge in [0.1, 0.15) is 12.4 Å². The summed E-state index contributed by atoms with van der Waals surface area (Å²) in [4.78, 5) is 21.0. The quantitative estimate of drug-likeness (QED) is 0.211. The summed E-state index contributed by atoms with van der Waals surface area (Å²) in [6.45, 7) is 2.00. The Kier molecular flexibility index (Phi) is 11.7. The molecule has 1 fully saturated rings. The molecule has 1 saturated carbocycles. The van der Waals surface area contributed by atoms with Crippen molar-refractivity contribution in [3.8, 4) is 5.75 Å². The molecule has 41 heavy (non-hydrogen) atoms. The Labute approximate surface area is 246 Å². The third-order valence-electron chi connectivity index (χ3n) is 7.26. The number of ether oxygens (including phenoxy) is 1. The zero-order chi connectivity index (χ0) is 30.0. The fraction of sp³-hybridized carbons (Fsp3) is 0.448. The van der Waals surface area contributed by atoms with Crippen molar-refractivity contribution in [2.45, 2.75) is 37.1 Å². The fourth-order valence-electron chi connectivity index (χ4n) is 5.08. The van der Waals surface area contributed by atoms with Gasteiger partial charge in [-0.1, -0.05) is 36.2 Å². The van der Waals surface area contributed by atoms with Gasteiger partial charge in [-0.2, -0.15) is 0 Å². The van der Waals surface area contributed by atoms with Gasteiger partial charge in [0.25, 0.3) is 0 Å². The maximum Gasteiger partial charge on any atom is 0.328 e. The molecule has 224 valence electrons. The number of nitrogens with one attached hydrogen (secondary N) is 2. The van der Waals surface area contributed by atoms with Gasteiger partial charge >= 0.3 is 11.9 Å². The minimum atomic E-state index is -3.29. The van der Waals surface area contributed by atoms with Crippen LogP contribution in [0.3, 0.4) is 0 Å². The highest BCUT2D eigenvalue weighted by Crippen LogP contribution is 2.53. The van der Waals surface area contributed by atoms with Crippen LogP contribution in [0, 0.1) is 0 Å². The molecular formula is C29H38ClN3O7S. The molecule has 0 bridgehead atoms. The van der Waals surface area contributed by atoms with Gasteiger partial charge in [0.15, 0.2) is 0 Å². The lowest BCUT2D eigenvalue weighted by Crippen LogP contribution is -2.49. The van der Waals surface area contributed by atoms with Gasteiger partial charge in [-0.15, -0.1) is 0 Å². The van der Waals surface area contributed by atoms with Gasteiger partial charge in [-0.25, -0.2) is 22.7 Å². The van der Waals surface area contributed by atoms with Crippen LogP contribution in [0.5, 0.6) is 5.75 Å². The normalized spacial score (nSPS) is 17.7. The van der Waals surface area contributed by atoms with Crippen LogP contribution in [0.2, 0.25) is 5.02 Å². The molecule has 0 radical (unpaired) electrons. The molecule has 1 heterocycles. The van der Waals surface area contributed by atoms with Crippen LogP contribution in [0.1, 0.15) is 42.0 Å². The largest absolute Gasteiger partial charge is 0.492 e. The summed E-state index contributed by atoms with van der Waals surface area (Å²) in [5, 5.41) is 20.2. The number of rotatable bonds is 12. The van der Waals surface area contributed by atoms with Crippen LogP contribution in [0.15, 0.2) is 54.6 Å². The second kappa shape index (κ2) is 14.8. The van der Waals surface area contributed by atoms with E-state index in [9.17, 15) is 18.0 Å². The van der Waals surface area contributed by atoms with Crippen molar-refractivity contribution >= 4 is 33.6 Å². The van der Waals surface area contributed by atoms with Crippen LogP contribution in [0.25, 0.3) is 0 Å². The average Bonchev–Trinajstić information content (AvgIpc) is 2.90. The van der Waals surface area contributed by atoms with Crippen molar-refractivity contribution in [2.75, 3.05) is 46.1 Å². The van der Waals surface area contributed by atoms with E-state index >= 15 is 0 Å². The lowest BCUT2D eigenvalue weighted by Gasteiger charge is -2.50. The summed E-state index contributed by atoms with van der Waals surface area (Å²) >= 11 is 6.15. The van der Waals surface area contributed by atoms with Crippen LogP contribution in [-0.4, -0.2) is 81.6 Å². The zero-order valence-electron chi connectivity index (χ0n) is 23.3. The monoisotopic (exact) mass is 607 g/mol. The Morgan fingerprint density at radius 2 is 1.78 bits per heavy atom. The molecule has 0 saturated heterocycles. The van der Waals surface area contributed by atoms with Gasteiger partial charge in [-0.3, -0.25) is 0 Å². The van der Waals surface area contributed by atoms with Crippen molar-refractivity contribution in [2.24, 2.45) is 0 Å². The lowest BCUT2D eigenvalue weighted by atomic mass is 9.58. The first kappa shape index (κ1) is 32.6. The molecular weight excluding hydrogens is 570 g/mol. The minimum absolute atomic E-state index is 0.0699. The van der Waals surface area contributed by atoms with Gasteiger partial charge in [0.2, 0.25) is 10.0 Å². The maximum atomic E-state index is 12.1. The van der Waals surface area contributed by atoms with E-state index in [1.54, 1.807) is 0 Å². The molecule has 4 N–H and O–H groups in total. The predicted octanol–water partition coefficient (Wildman–Crippen LogP) is 3.22. The Morgan fingerprint density at radius 3 is 2.34 bits per heavy atom. The second-order valence-electron chi connectivity index (χ2n) is 10.4. The van der Waals surface area contributed by atoms with Crippen molar-refractivity contribution < 1.29 is 33.0 Å². The van der Waals surface area contributed by atoms with E-state index in [0.717, 1.165) is 36.6 Å². The third kappa shape index (κ3) is 9.54. The smallest absolute Gasteiger partial charge is 0.328 e. The van der Waals surface area contributed by atoms with Crippen LogP contribution in [0.4, 0.5) is 0 Å². The van der Waals surface area contributed by atoms with Gasteiger partial charge < -0.3 is 25.2 Å². The van der Waals surface area contributed by atoms with Crippen LogP contribution < -0.4 is 14.8 Å². The zero-order valence-corrected chi connectivity index (χ0v) is 24.9. The third-order valence-corrected chi connectivity index (χ3v) is 8.87.